The van der Waals surface area contributed by atoms with E-state index in [2.05, 4.69) is 4.74 Å². The Bertz CT molecular complexity index is 440. The summed E-state index contributed by atoms with van der Waals surface area (Å²) in [4.78, 5) is 22.0. The maximum absolute atomic E-state index is 11.5. The average molecular weight is 259 g/mol. The quantitative estimate of drug-likeness (QED) is 0.644. The zero-order valence-electron chi connectivity index (χ0n) is 9.83. The van der Waals surface area contributed by atoms with Crippen LogP contribution < -0.4 is 5.73 Å². The molecule has 1 amide bonds. The predicted molar refractivity (Wildman–Crippen MR) is 64.5 cm³/mol. The number of Topliss-reactive ketones (excluding diaryl/α,β-unsaturated/α-hetero) is 1. The molecule has 0 saturated heterocycles. The van der Waals surface area contributed by atoms with Crippen LogP contribution in [0.3, 0.4) is 0 Å². The third-order valence-electron chi connectivity index (χ3n) is 2.55. The summed E-state index contributed by atoms with van der Waals surface area (Å²) in [6, 6.07) is 1.78. The van der Waals surface area contributed by atoms with Gasteiger partial charge in [-0.15, -0.1) is 11.6 Å². The monoisotopic (exact) mass is 258 g/mol. The first-order valence-corrected chi connectivity index (χ1v) is 5.69. The lowest BCUT2D eigenvalue weighted by atomic mass is 10.2. The van der Waals surface area contributed by atoms with Gasteiger partial charge in [-0.1, -0.05) is 0 Å². The van der Waals surface area contributed by atoms with E-state index in [0.717, 1.165) is 11.4 Å². The Morgan fingerprint density at radius 3 is 2.65 bits per heavy atom. The van der Waals surface area contributed by atoms with E-state index in [0.29, 0.717) is 12.1 Å². The van der Waals surface area contributed by atoms with Crippen molar-refractivity contribution < 1.29 is 14.3 Å². The van der Waals surface area contributed by atoms with Crippen molar-refractivity contribution in [1.82, 2.24) is 4.57 Å². The number of halogens is 1. The number of alkyl halides is 1. The zero-order valence-corrected chi connectivity index (χ0v) is 10.6. The van der Waals surface area contributed by atoms with Gasteiger partial charge in [0.05, 0.1) is 12.4 Å². The molecule has 0 unspecified atom stereocenters. The predicted octanol–water partition coefficient (Wildman–Crippen LogP) is 1.62. The summed E-state index contributed by atoms with van der Waals surface area (Å²) in [5.41, 5.74) is 7.21. The fraction of sp³-hybridized carbons (Fsp3) is 0.455. The van der Waals surface area contributed by atoms with Crippen molar-refractivity contribution in [1.29, 1.82) is 0 Å². The molecule has 0 spiro atoms. The SMILES string of the molecule is Cc1cc(C(=O)CCl)c(C)n1CCOC(N)=O. The average Bonchev–Trinajstić information content (AvgIpc) is 2.55. The molecule has 6 heteroatoms. The molecule has 0 fully saturated rings. The summed E-state index contributed by atoms with van der Waals surface area (Å²) in [5.74, 6) is -0.149. The van der Waals surface area contributed by atoms with Gasteiger partial charge >= 0.3 is 6.09 Å². The van der Waals surface area contributed by atoms with Crippen molar-refractivity contribution in [2.75, 3.05) is 12.5 Å². The Kier molecular flexibility index (Phi) is 4.57. The summed E-state index contributed by atoms with van der Waals surface area (Å²) in [7, 11) is 0. The van der Waals surface area contributed by atoms with Gasteiger partial charge in [-0.05, 0) is 19.9 Å². The summed E-state index contributed by atoms with van der Waals surface area (Å²) >= 11 is 5.52. The summed E-state index contributed by atoms with van der Waals surface area (Å²) in [6.07, 6.45) is -0.801. The number of nitrogens with two attached hydrogens (primary N) is 1. The molecule has 0 atom stereocenters. The van der Waals surface area contributed by atoms with E-state index in [-0.39, 0.29) is 18.3 Å². The highest BCUT2D eigenvalue weighted by Crippen LogP contribution is 2.16. The van der Waals surface area contributed by atoms with Crippen molar-refractivity contribution in [3.05, 3.63) is 23.0 Å². The third kappa shape index (κ3) is 3.23. The van der Waals surface area contributed by atoms with E-state index in [1.807, 2.05) is 18.4 Å². The number of nitrogens with zero attached hydrogens (tertiary/aromatic N) is 1. The first kappa shape index (κ1) is 13.6. The second-order valence-corrected chi connectivity index (χ2v) is 3.93. The Balaban J connectivity index is 2.82. The number of amides is 1. The normalized spacial score (nSPS) is 10.3. The molecule has 0 saturated carbocycles. The first-order valence-electron chi connectivity index (χ1n) is 5.15. The molecular formula is C11H15ClN2O3. The molecular weight excluding hydrogens is 244 g/mol. The van der Waals surface area contributed by atoms with Gasteiger partial charge in [-0.3, -0.25) is 4.79 Å². The number of ketones is 1. The minimum Gasteiger partial charge on any atom is -0.448 e. The number of carbonyl (C=O) groups is 2. The van der Waals surface area contributed by atoms with Crippen molar-refractivity contribution in [3.63, 3.8) is 0 Å². The Morgan fingerprint density at radius 1 is 1.47 bits per heavy atom. The molecule has 1 aromatic rings. The van der Waals surface area contributed by atoms with Gasteiger partial charge in [-0.25, -0.2) is 4.79 Å². The van der Waals surface area contributed by atoms with E-state index >= 15 is 0 Å². The minimum absolute atomic E-state index is 0.0396. The second-order valence-electron chi connectivity index (χ2n) is 3.66. The Labute approximate surface area is 104 Å². The topological polar surface area (TPSA) is 74.3 Å². The number of ether oxygens (including phenoxy) is 1. The van der Waals surface area contributed by atoms with Crippen LogP contribution in [0.4, 0.5) is 4.79 Å². The third-order valence-corrected chi connectivity index (χ3v) is 2.80. The summed E-state index contributed by atoms with van der Waals surface area (Å²) in [5, 5.41) is 0. The molecule has 0 aliphatic heterocycles. The van der Waals surface area contributed by atoms with E-state index in [4.69, 9.17) is 17.3 Å². The van der Waals surface area contributed by atoms with Crippen LogP contribution in [0.1, 0.15) is 21.7 Å². The van der Waals surface area contributed by atoms with Gasteiger partial charge in [0.25, 0.3) is 0 Å². The number of primary amides is 1. The maximum atomic E-state index is 11.5. The zero-order chi connectivity index (χ0) is 13.0. The van der Waals surface area contributed by atoms with Crippen LogP contribution >= 0.6 is 11.6 Å². The largest absolute Gasteiger partial charge is 0.448 e. The van der Waals surface area contributed by atoms with Crippen LogP contribution in [0.25, 0.3) is 0 Å². The fourth-order valence-electron chi connectivity index (χ4n) is 1.74. The lowest BCUT2D eigenvalue weighted by Crippen LogP contribution is -2.17. The van der Waals surface area contributed by atoms with Gasteiger partial charge in [0.1, 0.15) is 6.61 Å². The van der Waals surface area contributed by atoms with Gasteiger partial charge in [0.15, 0.2) is 5.78 Å². The molecule has 0 bridgehead atoms. The summed E-state index contributed by atoms with van der Waals surface area (Å²) in [6.45, 7) is 4.36. The smallest absolute Gasteiger partial charge is 0.404 e. The van der Waals surface area contributed by atoms with Crippen molar-refractivity contribution in [2.24, 2.45) is 5.73 Å². The number of aryl methyl sites for hydroxylation is 1. The lowest BCUT2D eigenvalue weighted by Gasteiger charge is -2.09. The molecule has 0 aromatic carbocycles. The van der Waals surface area contributed by atoms with E-state index in [1.165, 1.54) is 0 Å². The number of rotatable bonds is 5. The van der Waals surface area contributed by atoms with Crippen LogP contribution in [0.2, 0.25) is 0 Å². The van der Waals surface area contributed by atoms with Crippen LogP contribution in [0.5, 0.6) is 0 Å². The Morgan fingerprint density at radius 2 is 2.12 bits per heavy atom. The van der Waals surface area contributed by atoms with Gasteiger partial charge in [0.2, 0.25) is 0 Å². The second kappa shape index (κ2) is 5.72. The molecule has 0 radical (unpaired) electrons. The standard InChI is InChI=1S/C11H15ClN2O3/c1-7-5-9(10(15)6-12)8(2)14(7)3-4-17-11(13)16/h5H,3-4,6H2,1-2H3,(H2,13,16). The van der Waals surface area contributed by atoms with E-state index in [1.54, 1.807) is 6.07 Å². The molecule has 17 heavy (non-hydrogen) atoms. The molecule has 1 rings (SSSR count). The van der Waals surface area contributed by atoms with E-state index in [9.17, 15) is 9.59 Å². The molecule has 5 nitrogen and oxygen atoms in total. The van der Waals surface area contributed by atoms with Crippen LogP contribution in [-0.4, -0.2) is 28.9 Å². The minimum atomic E-state index is -0.801. The molecule has 0 aliphatic rings. The number of aromatic nitrogens is 1. The maximum Gasteiger partial charge on any atom is 0.404 e. The highest BCUT2D eigenvalue weighted by atomic mass is 35.5. The number of hydrogen-bond acceptors (Lipinski definition) is 3. The lowest BCUT2D eigenvalue weighted by molar-refractivity contribution is 0.102. The van der Waals surface area contributed by atoms with Crippen LogP contribution in [0, 0.1) is 13.8 Å². The molecule has 1 aromatic heterocycles. The highest BCUT2D eigenvalue weighted by molar-refractivity contribution is 6.30. The van der Waals surface area contributed by atoms with Crippen molar-refractivity contribution in [3.8, 4) is 0 Å². The molecule has 1 heterocycles. The number of carbonyl (C=O) groups excluding carboxylic acids is 2. The van der Waals surface area contributed by atoms with Gasteiger partial charge in [-0.2, -0.15) is 0 Å². The van der Waals surface area contributed by atoms with Gasteiger partial charge < -0.3 is 15.0 Å². The van der Waals surface area contributed by atoms with Crippen molar-refractivity contribution >= 4 is 23.5 Å². The number of hydrogen-bond donors (Lipinski definition) is 1. The molecule has 2 N–H and O–H groups in total. The van der Waals surface area contributed by atoms with Gasteiger partial charge in [0, 0.05) is 17.0 Å². The summed E-state index contributed by atoms with van der Waals surface area (Å²) < 4.78 is 6.55. The van der Waals surface area contributed by atoms with Crippen LogP contribution in [0.15, 0.2) is 6.07 Å². The molecule has 94 valence electrons. The Hall–Kier alpha value is -1.49. The van der Waals surface area contributed by atoms with E-state index < -0.39 is 6.09 Å². The highest BCUT2D eigenvalue weighted by Gasteiger charge is 2.14. The van der Waals surface area contributed by atoms with Crippen LogP contribution in [-0.2, 0) is 11.3 Å². The molecule has 0 aliphatic carbocycles. The van der Waals surface area contributed by atoms with Crippen molar-refractivity contribution in [2.45, 2.75) is 20.4 Å². The fourth-order valence-corrected chi connectivity index (χ4v) is 1.88. The first-order chi connectivity index (χ1) is 7.97.